The van der Waals surface area contributed by atoms with Gasteiger partial charge in [0.2, 0.25) is 0 Å². The molecule has 2 N–H and O–H groups in total. The lowest BCUT2D eigenvalue weighted by Crippen LogP contribution is -2.08. The van der Waals surface area contributed by atoms with Crippen LogP contribution in [0.5, 0.6) is 0 Å². The van der Waals surface area contributed by atoms with Crippen molar-refractivity contribution in [1.29, 1.82) is 0 Å². The smallest absolute Gasteiger partial charge is 0.324 e. The third kappa shape index (κ3) is 8.20. The topological polar surface area (TPSA) is 52.3 Å². The van der Waals surface area contributed by atoms with Crippen LogP contribution in [0, 0.1) is 0 Å². The molecule has 0 spiro atoms. The van der Waals surface area contributed by atoms with Gasteiger partial charge in [-0.05, 0) is 6.42 Å². The monoisotopic (exact) mass is 157 g/mol. The molecule has 10 heavy (non-hydrogen) atoms. The van der Waals surface area contributed by atoms with Gasteiger partial charge >= 0.3 is 29.0 Å². The summed E-state index contributed by atoms with van der Waals surface area (Å²) >= 11 is 0. The minimum Gasteiger partial charge on any atom is -0.373 e. The second kappa shape index (κ2) is 9.20. The first-order valence-corrected chi connectivity index (χ1v) is 3.20. The van der Waals surface area contributed by atoms with E-state index in [2.05, 4.69) is 17.7 Å². The van der Waals surface area contributed by atoms with Crippen LogP contribution in [0.4, 0.5) is 0 Å². The zero-order valence-electron chi connectivity index (χ0n) is 5.72. The fourth-order valence-electron chi connectivity index (χ4n) is 0.578. The number of carbonyl (C=O) groups excluding carboxylic acids is 1. The molecule has 0 unspecified atom stereocenters. The van der Waals surface area contributed by atoms with Gasteiger partial charge < -0.3 is 4.84 Å². The minimum absolute atomic E-state index is 0. The second-order valence-electron chi connectivity index (χ2n) is 1.95. The first kappa shape index (κ1) is 12.8. The summed E-state index contributed by atoms with van der Waals surface area (Å²) in [5.74, 6) is 4.29. The van der Waals surface area contributed by atoms with E-state index in [1.54, 1.807) is 0 Å². The van der Waals surface area contributed by atoms with Crippen molar-refractivity contribution in [3.63, 3.8) is 0 Å². The van der Waals surface area contributed by atoms with Crippen molar-refractivity contribution in [2.45, 2.75) is 32.6 Å². The molecule has 0 aromatic rings. The van der Waals surface area contributed by atoms with Crippen LogP contribution < -0.4 is 5.90 Å². The maximum atomic E-state index is 10.3. The van der Waals surface area contributed by atoms with Crippen LogP contribution in [0.1, 0.15) is 32.6 Å². The Kier molecular flexibility index (Phi) is 11.8. The third-order valence-electron chi connectivity index (χ3n) is 1.12. The lowest BCUT2D eigenvalue weighted by atomic mass is 10.2. The van der Waals surface area contributed by atoms with Gasteiger partial charge in [0.1, 0.15) is 0 Å². The maximum absolute atomic E-state index is 10.3. The Hall–Kier alpha value is 0.196. The molecule has 0 heterocycles. The SMILES string of the molecule is CCCCCC(=O)ON.[MgH2]. The summed E-state index contributed by atoms with van der Waals surface area (Å²) in [6, 6.07) is 0. The molecule has 0 aliphatic rings. The van der Waals surface area contributed by atoms with Crippen molar-refractivity contribution in [3.05, 3.63) is 0 Å². The number of rotatable bonds is 4. The zero-order chi connectivity index (χ0) is 7.11. The molecular formula is C6H15MgNO2. The molecule has 0 aromatic heterocycles. The summed E-state index contributed by atoms with van der Waals surface area (Å²) in [7, 11) is 0. The molecule has 0 aliphatic carbocycles. The Morgan fingerprint density at radius 1 is 1.50 bits per heavy atom. The highest BCUT2D eigenvalue weighted by Crippen LogP contribution is 1.98. The number of hydrogen-bond acceptors (Lipinski definition) is 3. The Labute approximate surface area is 77.4 Å². The Morgan fingerprint density at radius 3 is 2.50 bits per heavy atom. The fraction of sp³-hybridized carbons (Fsp3) is 0.833. The molecule has 0 bridgehead atoms. The van der Waals surface area contributed by atoms with Crippen LogP contribution in [0.25, 0.3) is 0 Å². The summed E-state index contributed by atoms with van der Waals surface area (Å²) in [5.41, 5.74) is 0. The number of nitrogens with two attached hydrogens (primary N) is 1. The molecule has 0 atom stereocenters. The van der Waals surface area contributed by atoms with Gasteiger partial charge in [-0.25, -0.2) is 0 Å². The van der Waals surface area contributed by atoms with E-state index < -0.39 is 0 Å². The van der Waals surface area contributed by atoms with Gasteiger partial charge in [0, 0.05) is 6.42 Å². The predicted octanol–water partition coefficient (Wildman–Crippen LogP) is 0.0674. The van der Waals surface area contributed by atoms with Crippen LogP contribution in [0.3, 0.4) is 0 Å². The van der Waals surface area contributed by atoms with E-state index in [1.165, 1.54) is 0 Å². The van der Waals surface area contributed by atoms with Crippen molar-refractivity contribution in [1.82, 2.24) is 0 Å². The molecule has 0 aliphatic heterocycles. The highest BCUT2D eigenvalue weighted by atomic mass is 24.3. The van der Waals surface area contributed by atoms with Gasteiger partial charge in [-0.15, -0.1) is 0 Å². The van der Waals surface area contributed by atoms with Gasteiger partial charge in [-0.2, -0.15) is 5.90 Å². The highest BCUT2D eigenvalue weighted by molar-refractivity contribution is 5.75. The maximum Gasteiger partial charge on any atom is 0.324 e. The molecule has 0 aromatic carbocycles. The van der Waals surface area contributed by atoms with Crippen molar-refractivity contribution in [2.24, 2.45) is 5.90 Å². The molecule has 0 saturated heterocycles. The van der Waals surface area contributed by atoms with E-state index in [0.29, 0.717) is 6.42 Å². The van der Waals surface area contributed by atoms with Crippen molar-refractivity contribution in [3.8, 4) is 0 Å². The summed E-state index contributed by atoms with van der Waals surface area (Å²) in [6.45, 7) is 2.08. The standard InChI is InChI=1S/C6H13NO2.Mg.2H/c1-2-3-4-5-6(8)9-7;;;/h2-5,7H2,1H3;;;. The molecule has 4 heteroatoms. The summed E-state index contributed by atoms with van der Waals surface area (Å²) < 4.78 is 0. The quantitative estimate of drug-likeness (QED) is 0.357. The fourth-order valence-corrected chi connectivity index (χ4v) is 0.578. The number of unbranched alkanes of at least 4 members (excludes halogenated alkanes) is 2. The molecule has 0 amide bonds. The minimum atomic E-state index is -0.316. The van der Waals surface area contributed by atoms with Gasteiger partial charge in [-0.1, -0.05) is 19.8 Å². The number of carbonyl (C=O) groups is 1. The highest BCUT2D eigenvalue weighted by Gasteiger charge is 1.97. The van der Waals surface area contributed by atoms with E-state index in [9.17, 15) is 4.79 Å². The zero-order valence-corrected chi connectivity index (χ0v) is 5.72. The molecular weight excluding hydrogens is 142 g/mol. The van der Waals surface area contributed by atoms with Gasteiger partial charge in [0.25, 0.3) is 0 Å². The van der Waals surface area contributed by atoms with Crippen LogP contribution in [-0.4, -0.2) is 29.0 Å². The van der Waals surface area contributed by atoms with Crippen molar-refractivity contribution in [2.75, 3.05) is 0 Å². The molecule has 3 nitrogen and oxygen atoms in total. The van der Waals surface area contributed by atoms with Crippen LogP contribution in [0.15, 0.2) is 0 Å². The third-order valence-corrected chi connectivity index (χ3v) is 1.12. The van der Waals surface area contributed by atoms with Gasteiger partial charge in [0.15, 0.2) is 0 Å². The molecule has 58 valence electrons. The van der Waals surface area contributed by atoms with E-state index >= 15 is 0 Å². The Bertz CT molecular complexity index is 87.8. The largest absolute Gasteiger partial charge is 0.373 e. The molecule has 0 rings (SSSR count). The van der Waals surface area contributed by atoms with Gasteiger partial charge in [0.05, 0.1) is 0 Å². The lowest BCUT2D eigenvalue weighted by molar-refractivity contribution is -0.144. The molecule has 0 radical (unpaired) electrons. The van der Waals surface area contributed by atoms with Crippen molar-refractivity contribution >= 4 is 29.0 Å². The summed E-state index contributed by atoms with van der Waals surface area (Å²) in [5, 5.41) is 0. The second-order valence-corrected chi connectivity index (χ2v) is 1.95. The Balaban J connectivity index is 0. The van der Waals surface area contributed by atoms with Crippen molar-refractivity contribution < 1.29 is 9.63 Å². The van der Waals surface area contributed by atoms with E-state index in [1.807, 2.05) is 0 Å². The normalized spacial score (nSPS) is 8.20. The Morgan fingerprint density at radius 2 is 2.10 bits per heavy atom. The van der Waals surface area contributed by atoms with Crippen LogP contribution in [0.2, 0.25) is 0 Å². The summed E-state index contributed by atoms with van der Waals surface area (Å²) in [6.07, 6.45) is 3.50. The number of hydrogen-bond donors (Lipinski definition) is 1. The van der Waals surface area contributed by atoms with E-state index in [-0.39, 0.29) is 29.0 Å². The first-order valence-electron chi connectivity index (χ1n) is 3.20. The molecule has 0 saturated carbocycles. The van der Waals surface area contributed by atoms with E-state index in [0.717, 1.165) is 19.3 Å². The first-order chi connectivity index (χ1) is 4.31. The van der Waals surface area contributed by atoms with Gasteiger partial charge in [-0.3, -0.25) is 4.79 Å². The lowest BCUT2D eigenvalue weighted by Gasteiger charge is -1.94. The molecule has 0 fully saturated rings. The van der Waals surface area contributed by atoms with E-state index in [4.69, 9.17) is 0 Å². The predicted molar refractivity (Wildman–Crippen MR) is 43.0 cm³/mol. The summed E-state index contributed by atoms with van der Waals surface area (Å²) in [4.78, 5) is 14.3. The van der Waals surface area contributed by atoms with Crippen LogP contribution in [-0.2, 0) is 9.63 Å². The average Bonchev–Trinajstić information content (AvgIpc) is 1.89. The van der Waals surface area contributed by atoms with Crippen LogP contribution >= 0.6 is 0 Å². The average molecular weight is 157 g/mol.